The van der Waals surface area contributed by atoms with Gasteiger partial charge in [0.15, 0.2) is 23.1 Å². The monoisotopic (exact) mass is 556 g/mol. The molecule has 0 spiro atoms. The minimum atomic E-state index is -0.452. The molecular formula is C34H36O7. The van der Waals surface area contributed by atoms with Crippen LogP contribution in [0.15, 0.2) is 65.1 Å². The van der Waals surface area contributed by atoms with Gasteiger partial charge in [0.1, 0.15) is 17.3 Å². The molecule has 2 aliphatic heterocycles. The van der Waals surface area contributed by atoms with Gasteiger partial charge in [-0.15, -0.1) is 0 Å². The third-order valence-corrected chi connectivity index (χ3v) is 8.51. The molecule has 1 atom stereocenters. The van der Waals surface area contributed by atoms with Gasteiger partial charge in [0, 0.05) is 67.2 Å². The number of ether oxygens (including phenoxy) is 4. The van der Waals surface area contributed by atoms with Gasteiger partial charge in [-0.3, -0.25) is 14.4 Å². The Morgan fingerprint density at radius 3 is 2.00 bits per heavy atom. The average Bonchev–Trinajstić information content (AvgIpc) is 3.32. The largest absolute Gasteiger partial charge is 0.465 e. The summed E-state index contributed by atoms with van der Waals surface area (Å²) in [7, 11) is 0. The maximum atomic E-state index is 13.8. The highest BCUT2D eigenvalue weighted by atomic mass is 16.7. The fraction of sp³-hybridized carbons (Fsp3) is 0.441. The van der Waals surface area contributed by atoms with Gasteiger partial charge in [-0.1, -0.05) is 58.0 Å². The molecule has 0 aromatic heterocycles. The molecule has 0 N–H and O–H groups in total. The minimum Gasteiger partial charge on any atom is -0.465 e. The molecule has 41 heavy (non-hydrogen) atoms. The van der Waals surface area contributed by atoms with Crippen LogP contribution in [0.5, 0.6) is 17.2 Å². The van der Waals surface area contributed by atoms with E-state index in [-0.39, 0.29) is 35.1 Å². The van der Waals surface area contributed by atoms with E-state index < -0.39 is 11.9 Å². The van der Waals surface area contributed by atoms with Crippen LogP contribution >= 0.6 is 0 Å². The second-order valence-electron chi connectivity index (χ2n) is 13.2. The van der Waals surface area contributed by atoms with Gasteiger partial charge in [0.05, 0.1) is 0 Å². The molecule has 0 saturated heterocycles. The van der Waals surface area contributed by atoms with Crippen LogP contribution in [0.3, 0.4) is 0 Å². The van der Waals surface area contributed by atoms with Crippen LogP contribution in [0.2, 0.25) is 0 Å². The van der Waals surface area contributed by atoms with Crippen molar-refractivity contribution in [3.63, 3.8) is 0 Å². The van der Waals surface area contributed by atoms with Crippen molar-refractivity contribution in [2.24, 2.45) is 16.7 Å². The molecular weight excluding hydrogens is 520 g/mol. The molecule has 2 heterocycles. The summed E-state index contributed by atoms with van der Waals surface area (Å²) < 4.78 is 23.5. The first kappa shape index (κ1) is 27.3. The lowest BCUT2D eigenvalue weighted by atomic mass is 9.65. The fourth-order valence-electron chi connectivity index (χ4n) is 6.86. The number of allylic oxidation sites excluding steroid dienone is 4. The van der Waals surface area contributed by atoms with Crippen molar-refractivity contribution in [3.05, 3.63) is 76.3 Å². The fourth-order valence-corrected chi connectivity index (χ4v) is 6.86. The van der Waals surface area contributed by atoms with E-state index in [0.717, 1.165) is 11.1 Å². The number of benzene rings is 2. The van der Waals surface area contributed by atoms with Crippen molar-refractivity contribution < 1.29 is 33.3 Å². The minimum absolute atomic E-state index is 0.0307. The van der Waals surface area contributed by atoms with Gasteiger partial charge in [0.2, 0.25) is 6.79 Å². The Balaban J connectivity index is 1.53. The summed E-state index contributed by atoms with van der Waals surface area (Å²) in [6.45, 7) is 9.77. The number of esters is 1. The molecule has 6 rings (SSSR count). The molecule has 214 valence electrons. The first-order chi connectivity index (χ1) is 19.4. The second-order valence-corrected chi connectivity index (χ2v) is 13.2. The SMILES string of the molecule is CC(=O)Oc1cc2c(cc1C(CC1C3=C(CC(C)(C)CC3=O)OC3=C1C(=O)CC(C)(C)C3)c1ccccc1)OCO2. The molecule has 2 aromatic rings. The first-order valence-electron chi connectivity index (χ1n) is 14.3. The number of carbonyl (C=O) groups is 3. The van der Waals surface area contributed by atoms with Crippen molar-refractivity contribution in [1.82, 2.24) is 0 Å². The van der Waals surface area contributed by atoms with Gasteiger partial charge in [0.25, 0.3) is 0 Å². The summed E-state index contributed by atoms with van der Waals surface area (Å²) in [5.74, 6) is 1.67. The van der Waals surface area contributed by atoms with Crippen LogP contribution in [0.4, 0.5) is 0 Å². The predicted molar refractivity (Wildman–Crippen MR) is 151 cm³/mol. The molecule has 7 nitrogen and oxygen atoms in total. The highest BCUT2D eigenvalue weighted by Crippen LogP contribution is 2.54. The number of Topliss-reactive ketones (excluding diaryl/α,β-unsaturated/α-hetero) is 2. The van der Waals surface area contributed by atoms with E-state index in [1.54, 1.807) is 6.07 Å². The lowest BCUT2D eigenvalue weighted by Gasteiger charge is -2.43. The number of carbonyl (C=O) groups excluding carboxylic acids is 3. The quantitative estimate of drug-likeness (QED) is 0.296. The van der Waals surface area contributed by atoms with Crippen LogP contribution in [-0.4, -0.2) is 24.3 Å². The van der Waals surface area contributed by atoms with Crippen LogP contribution in [0.25, 0.3) is 0 Å². The third kappa shape index (κ3) is 5.18. The lowest BCUT2D eigenvalue weighted by molar-refractivity contribution is -0.132. The number of rotatable bonds is 5. The molecule has 2 aromatic carbocycles. The number of hydrogen-bond acceptors (Lipinski definition) is 7. The molecule has 0 radical (unpaired) electrons. The Hall–Kier alpha value is -3.87. The third-order valence-electron chi connectivity index (χ3n) is 8.51. The van der Waals surface area contributed by atoms with Gasteiger partial charge in [-0.2, -0.15) is 0 Å². The molecule has 0 saturated carbocycles. The Morgan fingerprint density at radius 1 is 0.878 bits per heavy atom. The van der Waals surface area contributed by atoms with Gasteiger partial charge < -0.3 is 18.9 Å². The normalized spacial score (nSPS) is 21.7. The zero-order valence-corrected chi connectivity index (χ0v) is 24.3. The van der Waals surface area contributed by atoms with E-state index in [2.05, 4.69) is 27.7 Å². The Bertz CT molecular complexity index is 1460. The number of ketones is 2. The topological polar surface area (TPSA) is 88.1 Å². The maximum absolute atomic E-state index is 13.8. The Kier molecular flexibility index (Phi) is 6.59. The zero-order chi connectivity index (χ0) is 29.1. The molecule has 4 aliphatic rings. The molecule has 0 amide bonds. The van der Waals surface area contributed by atoms with Crippen molar-refractivity contribution in [3.8, 4) is 17.2 Å². The Morgan fingerprint density at radius 2 is 1.44 bits per heavy atom. The van der Waals surface area contributed by atoms with Gasteiger partial charge >= 0.3 is 5.97 Å². The van der Waals surface area contributed by atoms with Gasteiger partial charge in [-0.25, -0.2) is 0 Å². The van der Waals surface area contributed by atoms with Crippen molar-refractivity contribution in [1.29, 1.82) is 0 Å². The first-order valence-corrected chi connectivity index (χ1v) is 14.3. The number of hydrogen-bond donors (Lipinski definition) is 0. The highest BCUT2D eigenvalue weighted by molar-refractivity contribution is 6.04. The molecule has 2 aliphatic carbocycles. The molecule has 7 heteroatoms. The standard InChI is InChI=1S/C34H36O7/c1-19(35)40-26-13-28-27(38-18-39-28)12-22(26)21(20-9-7-6-8-10-20)11-23-31-24(36)14-33(2,3)16-29(31)41-30-17-34(4,5)15-25(37)32(23)30/h6-10,12-13,21,23H,11,14-18H2,1-5H3. The Labute approximate surface area is 240 Å². The maximum Gasteiger partial charge on any atom is 0.308 e. The summed E-state index contributed by atoms with van der Waals surface area (Å²) in [6.07, 6.45) is 2.49. The van der Waals surface area contributed by atoms with E-state index in [9.17, 15) is 14.4 Å². The smallest absolute Gasteiger partial charge is 0.308 e. The summed E-state index contributed by atoms with van der Waals surface area (Å²) in [4.78, 5) is 39.8. The summed E-state index contributed by atoms with van der Waals surface area (Å²) in [5, 5.41) is 0. The van der Waals surface area contributed by atoms with E-state index >= 15 is 0 Å². The molecule has 1 unspecified atom stereocenters. The van der Waals surface area contributed by atoms with Crippen LogP contribution in [0, 0.1) is 16.7 Å². The van der Waals surface area contributed by atoms with E-state index in [4.69, 9.17) is 18.9 Å². The summed E-state index contributed by atoms with van der Waals surface area (Å²) in [5.41, 5.74) is 2.48. The molecule has 0 bridgehead atoms. The van der Waals surface area contributed by atoms with Crippen LogP contribution < -0.4 is 14.2 Å². The zero-order valence-electron chi connectivity index (χ0n) is 24.3. The predicted octanol–water partition coefficient (Wildman–Crippen LogP) is 6.80. The van der Waals surface area contributed by atoms with Crippen LogP contribution in [-0.2, 0) is 19.1 Å². The van der Waals surface area contributed by atoms with Crippen molar-refractivity contribution >= 4 is 17.5 Å². The second kappa shape index (κ2) is 9.89. The van der Waals surface area contributed by atoms with Crippen molar-refractivity contribution in [2.45, 2.75) is 72.6 Å². The van der Waals surface area contributed by atoms with Gasteiger partial charge in [-0.05, 0) is 28.9 Å². The number of fused-ring (bicyclic) bond motifs is 1. The average molecular weight is 557 g/mol. The van der Waals surface area contributed by atoms with Crippen LogP contribution in [0.1, 0.15) is 83.8 Å². The van der Waals surface area contributed by atoms with Crippen molar-refractivity contribution in [2.75, 3.05) is 6.79 Å². The van der Waals surface area contributed by atoms with E-state index in [1.807, 2.05) is 36.4 Å². The lowest BCUT2D eigenvalue weighted by Crippen LogP contribution is -2.39. The summed E-state index contributed by atoms with van der Waals surface area (Å²) >= 11 is 0. The van der Waals surface area contributed by atoms with E-state index in [1.165, 1.54) is 6.92 Å². The van der Waals surface area contributed by atoms with E-state index in [0.29, 0.717) is 72.0 Å². The highest BCUT2D eigenvalue weighted by Gasteiger charge is 2.48. The molecule has 0 fully saturated rings. The summed E-state index contributed by atoms with van der Waals surface area (Å²) in [6, 6.07) is 13.5.